The van der Waals surface area contributed by atoms with E-state index in [2.05, 4.69) is 15.1 Å². The number of alkyl halides is 3. The highest BCUT2D eigenvalue weighted by atomic mass is 19.4. The molecule has 1 saturated carbocycles. The maximum absolute atomic E-state index is 12.9. The Balaban J connectivity index is 1.39. The first-order valence-corrected chi connectivity index (χ1v) is 11.6. The summed E-state index contributed by atoms with van der Waals surface area (Å²) < 4.78 is 54.2. The Kier molecular flexibility index (Phi) is 7.89. The fourth-order valence-electron chi connectivity index (χ4n) is 3.39. The number of halogens is 3. The van der Waals surface area contributed by atoms with Crippen LogP contribution < -0.4 is 20.1 Å². The molecule has 1 aliphatic rings. The average molecular weight is 531 g/mol. The van der Waals surface area contributed by atoms with Crippen molar-refractivity contribution >= 4 is 23.4 Å². The fraction of sp³-hybridized carbons (Fsp3) is 0.269. The lowest BCUT2D eigenvalue weighted by molar-refractivity contribution is -0.153. The van der Waals surface area contributed by atoms with Crippen molar-refractivity contribution in [2.75, 3.05) is 25.5 Å². The monoisotopic (exact) mass is 531 g/mol. The van der Waals surface area contributed by atoms with Crippen LogP contribution in [0.1, 0.15) is 29.2 Å². The molecule has 9 nitrogen and oxygen atoms in total. The summed E-state index contributed by atoms with van der Waals surface area (Å²) >= 11 is 0. The van der Waals surface area contributed by atoms with Crippen molar-refractivity contribution in [2.45, 2.75) is 25.1 Å². The number of methoxy groups -OCH3 is 1. The molecule has 1 fully saturated rings. The molecule has 200 valence electrons. The van der Waals surface area contributed by atoms with Gasteiger partial charge in [0, 0.05) is 11.7 Å². The summed E-state index contributed by atoms with van der Waals surface area (Å²) in [6, 6.07) is 14.8. The molecule has 1 aliphatic carbocycles. The Morgan fingerprint density at radius 1 is 0.895 bits per heavy atom. The van der Waals surface area contributed by atoms with Crippen molar-refractivity contribution in [3.8, 4) is 17.2 Å². The second kappa shape index (κ2) is 11.3. The van der Waals surface area contributed by atoms with Crippen LogP contribution in [0.4, 0.5) is 18.9 Å². The molecule has 38 heavy (non-hydrogen) atoms. The molecule has 0 unspecified atom stereocenters. The van der Waals surface area contributed by atoms with Gasteiger partial charge in [0.15, 0.2) is 5.76 Å². The van der Waals surface area contributed by atoms with E-state index in [0.29, 0.717) is 29.0 Å². The van der Waals surface area contributed by atoms with Gasteiger partial charge in [0.1, 0.15) is 30.3 Å². The number of carbonyl (C=O) groups excluding carboxylic acids is 3. The van der Waals surface area contributed by atoms with Crippen LogP contribution in [0.5, 0.6) is 17.2 Å². The number of carbonyl (C=O) groups is 3. The minimum absolute atomic E-state index is 0.00706. The van der Waals surface area contributed by atoms with E-state index in [1.54, 1.807) is 55.6 Å². The number of furan rings is 1. The molecule has 3 amide bonds. The minimum Gasteiger partial charge on any atom is -0.497 e. The van der Waals surface area contributed by atoms with E-state index in [1.165, 1.54) is 0 Å². The molecular weight excluding hydrogens is 507 g/mol. The van der Waals surface area contributed by atoms with Crippen molar-refractivity contribution in [3.05, 3.63) is 72.2 Å². The lowest BCUT2D eigenvalue weighted by Gasteiger charge is -2.21. The standard InChI is InChI=1S/C26H24F3N3O6/c1-36-18-8-10-20(11-9-18)37-19-6-4-17(5-7-19)31-24(34)15-32(14-23(33)30-16-2-3-16)25(35)21-12-13-22(38-21)26(27,28)29/h4-13,16H,2-3,14-15H2,1H3,(H,30,33)(H,31,34). The summed E-state index contributed by atoms with van der Waals surface area (Å²) in [5.74, 6) is -2.45. The maximum Gasteiger partial charge on any atom is 0.449 e. The van der Waals surface area contributed by atoms with Crippen LogP contribution in [0.15, 0.2) is 65.1 Å². The number of benzene rings is 2. The molecule has 1 aromatic heterocycles. The number of nitrogens with one attached hydrogen (secondary N) is 2. The van der Waals surface area contributed by atoms with Crippen LogP contribution in [-0.4, -0.2) is 48.9 Å². The van der Waals surface area contributed by atoms with E-state index in [1.807, 2.05) is 0 Å². The number of anilines is 1. The molecule has 0 bridgehead atoms. The van der Waals surface area contributed by atoms with E-state index in [9.17, 15) is 27.6 Å². The zero-order valence-electron chi connectivity index (χ0n) is 20.2. The quantitative estimate of drug-likeness (QED) is 0.400. The highest BCUT2D eigenvalue weighted by Gasteiger charge is 2.36. The van der Waals surface area contributed by atoms with E-state index < -0.39 is 48.5 Å². The topological polar surface area (TPSA) is 110 Å². The Hall–Kier alpha value is -4.48. The number of ether oxygens (including phenoxy) is 2. The van der Waals surface area contributed by atoms with Gasteiger partial charge in [-0.15, -0.1) is 0 Å². The second-order valence-electron chi connectivity index (χ2n) is 8.51. The van der Waals surface area contributed by atoms with E-state index in [-0.39, 0.29) is 6.04 Å². The van der Waals surface area contributed by atoms with Crippen molar-refractivity contribution in [1.82, 2.24) is 10.2 Å². The average Bonchev–Trinajstić information content (AvgIpc) is 3.53. The van der Waals surface area contributed by atoms with Gasteiger partial charge in [-0.05, 0) is 73.5 Å². The first kappa shape index (κ1) is 26.6. The summed E-state index contributed by atoms with van der Waals surface area (Å²) in [4.78, 5) is 38.7. The number of hydrogen-bond donors (Lipinski definition) is 2. The molecule has 0 saturated heterocycles. The molecule has 4 rings (SSSR count). The third-order valence-corrected chi connectivity index (χ3v) is 5.43. The van der Waals surface area contributed by atoms with Crippen molar-refractivity contribution in [1.29, 1.82) is 0 Å². The predicted molar refractivity (Wildman–Crippen MR) is 129 cm³/mol. The summed E-state index contributed by atoms with van der Waals surface area (Å²) in [5, 5.41) is 5.27. The van der Waals surface area contributed by atoms with Gasteiger partial charge >= 0.3 is 6.18 Å². The Labute approximate surface area is 215 Å². The molecule has 0 atom stereocenters. The van der Waals surface area contributed by atoms with E-state index in [0.717, 1.165) is 23.8 Å². The molecule has 0 radical (unpaired) electrons. The van der Waals surface area contributed by atoms with Gasteiger partial charge in [-0.2, -0.15) is 13.2 Å². The number of rotatable bonds is 10. The van der Waals surface area contributed by atoms with Gasteiger partial charge < -0.3 is 29.4 Å². The first-order valence-electron chi connectivity index (χ1n) is 11.6. The normalized spacial score (nSPS) is 12.9. The van der Waals surface area contributed by atoms with Gasteiger partial charge in [0.05, 0.1) is 7.11 Å². The molecule has 1 heterocycles. The zero-order chi connectivity index (χ0) is 27.3. The van der Waals surface area contributed by atoms with Gasteiger partial charge in [0.25, 0.3) is 5.91 Å². The maximum atomic E-state index is 12.9. The summed E-state index contributed by atoms with van der Waals surface area (Å²) in [6.45, 7) is -1.12. The molecule has 3 aromatic rings. The van der Waals surface area contributed by atoms with Crippen molar-refractivity contribution in [2.24, 2.45) is 0 Å². The van der Waals surface area contributed by atoms with Gasteiger partial charge in [-0.1, -0.05) is 0 Å². The van der Waals surface area contributed by atoms with Crippen molar-refractivity contribution in [3.63, 3.8) is 0 Å². The Morgan fingerprint density at radius 2 is 1.47 bits per heavy atom. The highest BCUT2D eigenvalue weighted by Crippen LogP contribution is 2.31. The smallest absolute Gasteiger partial charge is 0.449 e. The summed E-state index contributed by atoms with van der Waals surface area (Å²) in [7, 11) is 1.56. The van der Waals surface area contributed by atoms with Crippen LogP contribution in [0.2, 0.25) is 0 Å². The van der Waals surface area contributed by atoms with Gasteiger partial charge in [0.2, 0.25) is 17.6 Å². The molecular formula is C26H24F3N3O6. The Bertz CT molecular complexity index is 1280. The fourth-order valence-corrected chi connectivity index (χ4v) is 3.39. The largest absolute Gasteiger partial charge is 0.497 e. The molecule has 0 spiro atoms. The van der Waals surface area contributed by atoms with E-state index >= 15 is 0 Å². The summed E-state index contributed by atoms with van der Waals surface area (Å²) in [5.41, 5.74) is 0.379. The minimum atomic E-state index is -4.78. The van der Waals surface area contributed by atoms with Gasteiger partial charge in [-0.25, -0.2) is 0 Å². The zero-order valence-corrected chi connectivity index (χ0v) is 20.2. The lowest BCUT2D eigenvalue weighted by Crippen LogP contribution is -2.44. The van der Waals surface area contributed by atoms with Crippen LogP contribution in [0.3, 0.4) is 0 Å². The second-order valence-corrected chi connectivity index (χ2v) is 8.51. The van der Waals surface area contributed by atoms with Crippen LogP contribution in [0.25, 0.3) is 0 Å². The third-order valence-electron chi connectivity index (χ3n) is 5.43. The molecule has 0 aliphatic heterocycles. The highest BCUT2D eigenvalue weighted by molar-refractivity contribution is 5.99. The SMILES string of the molecule is COc1ccc(Oc2ccc(NC(=O)CN(CC(=O)NC3CC3)C(=O)c3ccc(C(F)(F)F)o3)cc2)cc1. The summed E-state index contributed by atoms with van der Waals surface area (Å²) in [6.07, 6.45) is -3.19. The van der Waals surface area contributed by atoms with Crippen LogP contribution in [0, 0.1) is 0 Å². The molecule has 2 aromatic carbocycles. The predicted octanol–water partition coefficient (Wildman–Crippen LogP) is 4.46. The molecule has 2 N–H and O–H groups in total. The number of nitrogens with zero attached hydrogens (tertiary/aromatic N) is 1. The lowest BCUT2D eigenvalue weighted by atomic mass is 10.3. The van der Waals surface area contributed by atoms with Crippen molar-refractivity contribution < 1.29 is 41.4 Å². The van der Waals surface area contributed by atoms with Crippen LogP contribution >= 0.6 is 0 Å². The third kappa shape index (κ3) is 7.28. The van der Waals surface area contributed by atoms with E-state index in [4.69, 9.17) is 9.47 Å². The number of amides is 3. The first-order chi connectivity index (χ1) is 18.1. The number of hydrogen-bond acceptors (Lipinski definition) is 6. The van der Waals surface area contributed by atoms with Gasteiger partial charge in [-0.3, -0.25) is 14.4 Å². The van der Waals surface area contributed by atoms with Crippen LogP contribution in [-0.2, 0) is 15.8 Å². The Morgan fingerprint density at radius 3 is 2.03 bits per heavy atom. The molecule has 12 heteroatoms.